The van der Waals surface area contributed by atoms with E-state index in [1.165, 1.54) is 19.3 Å². The summed E-state index contributed by atoms with van der Waals surface area (Å²) in [6.07, 6.45) is 4.31. The average Bonchev–Trinajstić information content (AvgIpc) is 2.47. The van der Waals surface area contributed by atoms with Crippen LogP contribution in [-0.2, 0) is 0 Å². The van der Waals surface area contributed by atoms with Crippen molar-refractivity contribution in [2.24, 2.45) is 0 Å². The van der Waals surface area contributed by atoms with E-state index in [9.17, 15) is 5.11 Å². The molecule has 1 heterocycles. The molecule has 0 radical (unpaired) electrons. The number of para-hydroxylation sites is 1. The normalized spacial score (nSPS) is 21.2. The topological polar surface area (TPSA) is 32.7 Å². The van der Waals surface area contributed by atoms with Crippen molar-refractivity contribution >= 4 is 23.2 Å². The second kappa shape index (κ2) is 8.23. The van der Waals surface area contributed by atoms with Gasteiger partial charge in [-0.15, -0.1) is 0 Å². The minimum Gasteiger partial charge on any atom is -0.488 e. The molecule has 0 saturated carbocycles. The van der Waals surface area contributed by atoms with Gasteiger partial charge in [-0.25, -0.2) is 0 Å². The number of aliphatic hydroxyl groups is 1. The van der Waals surface area contributed by atoms with Crippen LogP contribution in [0, 0.1) is 0 Å². The highest BCUT2D eigenvalue weighted by Crippen LogP contribution is 2.32. The minimum atomic E-state index is -0.538. The van der Waals surface area contributed by atoms with Crippen LogP contribution in [0.5, 0.6) is 5.75 Å². The summed E-state index contributed by atoms with van der Waals surface area (Å²) in [5.74, 6) is 0.450. The summed E-state index contributed by atoms with van der Waals surface area (Å²) in [6.45, 7) is 4.11. The minimum absolute atomic E-state index is 0.205. The first kappa shape index (κ1) is 16.9. The number of halogens is 2. The smallest absolute Gasteiger partial charge is 0.156 e. The van der Waals surface area contributed by atoms with E-state index in [4.69, 9.17) is 27.9 Å². The van der Waals surface area contributed by atoms with Crippen LogP contribution in [0.4, 0.5) is 0 Å². The summed E-state index contributed by atoms with van der Waals surface area (Å²) >= 11 is 12.1. The predicted molar refractivity (Wildman–Crippen MR) is 87.5 cm³/mol. The Morgan fingerprint density at radius 3 is 2.71 bits per heavy atom. The van der Waals surface area contributed by atoms with E-state index in [1.54, 1.807) is 18.2 Å². The van der Waals surface area contributed by atoms with Crippen LogP contribution in [0.2, 0.25) is 10.0 Å². The Bertz CT molecular complexity index is 436. The molecule has 1 fully saturated rings. The molecule has 1 aromatic carbocycles. The first-order valence-electron chi connectivity index (χ1n) is 7.60. The molecule has 118 valence electrons. The average molecular weight is 332 g/mol. The molecule has 0 amide bonds. The van der Waals surface area contributed by atoms with E-state index in [1.807, 2.05) is 0 Å². The van der Waals surface area contributed by atoms with Crippen LogP contribution < -0.4 is 4.74 Å². The number of β-amino-alcohol motifs (C(OH)–C–C–N with tert-alkyl or cyclic N) is 1. The number of nitrogens with zero attached hydrogens (tertiary/aromatic N) is 1. The maximum atomic E-state index is 10.2. The zero-order valence-electron chi connectivity index (χ0n) is 12.4. The van der Waals surface area contributed by atoms with Gasteiger partial charge in [0.25, 0.3) is 0 Å². The molecule has 1 aliphatic heterocycles. The first-order chi connectivity index (χ1) is 10.1. The van der Waals surface area contributed by atoms with E-state index in [-0.39, 0.29) is 6.61 Å². The SMILES string of the molecule is CCC1CCCCN1CC(O)COc1c(Cl)cccc1Cl. The van der Waals surface area contributed by atoms with Gasteiger partial charge < -0.3 is 9.84 Å². The summed E-state index contributed by atoms with van der Waals surface area (Å²) in [7, 11) is 0. The van der Waals surface area contributed by atoms with Crippen LogP contribution in [0.25, 0.3) is 0 Å². The summed E-state index contributed by atoms with van der Waals surface area (Å²) < 4.78 is 5.60. The quantitative estimate of drug-likeness (QED) is 0.855. The molecule has 2 atom stereocenters. The molecule has 1 saturated heterocycles. The van der Waals surface area contributed by atoms with Crippen molar-refractivity contribution in [2.75, 3.05) is 19.7 Å². The van der Waals surface area contributed by atoms with E-state index >= 15 is 0 Å². The molecule has 2 rings (SSSR count). The molecule has 21 heavy (non-hydrogen) atoms. The van der Waals surface area contributed by atoms with Crippen LogP contribution >= 0.6 is 23.2 Å². The first-order valence-corrected chi connectivity index (χ1v) is 8.36. The molecule has 0 spiro atoms. The Morgan fingerprint density at radius 2 is 2.05 bits per heavy atom. The summed E-state index contributed by atoms with van der Waals surface area (Å²) in [5, 5.41) is 11.1. The number of aliphatic hydroxyl groups excluding tert-OH is 1. The van der Waals surface area contributed by atoms with Crippen molar-refractivity contribution in [1.29, 1.82) is 0 Å². The maximum absolute atomic E-state index is 10.2. The van der Waals surface area contributed by atoms with Gasteiger partial charge in [-0.05, 0) is 37.9 Å². The molecular weight excluding hydrogens is 309 g/mol. The van der Waals surface area contributed by atoms with E-state index in [0.717, 1.165) is 13.0 Å². The Balaban J connectivity index is 1.85. The Kier molecular flexibility index (Phi) is 6.62. The van der Waals surface area contributed by atoms with Gasteiger partial charge in [0, 0.05) is 12.6 Å². The lowest BCUT2D eigenvalue weighted by Crippen LogP contribution is -2.44. The Labute approximate surface area is 136 Å². The van der Waals surface area contributed by atoms with Gasteiger partial charge in [-0.1, -0.05) is 42.6 Å². The molecule has 0 aliphatic carbocycles. The lowest BCUT2D eigenvalue weighted by molar-refractivity contribution is 0.0388. The molecular formula is C16H23Cl2NO2. The number of hydrogen-bond acceptors (Lipinski definition) is 3. The molecule has 1 aliphatic rings. The monoisotopic (exact) mass is 331 g/mol. The third kappa shape index (κ3) is 4.75. The Morgan fingerprint density at radius 1 is 1.33 bits per heavy atom. The number of piperidine rings is 1. The standard InChI is InChI=1S/C16H23Cl2NO2/c1-2-12-6-3-4-9-19(12)10-13(20)11-21-16-14(17)7-5-8-15(16)18/h5,7-8,12-13,20H,2-4,6,9-11H2,1H3. The van der Waals surface area contributed by atoms with Crippen molar-refractivity contribution in [3.05, 3.63) is 28.2 Å². The number of rotatable bonds is 6. The molecule has 0 aromatic heterocycles. The second-order valence-corrected chi connectivity index (χ2v) is 6.38. The maximum Gasteiger partial charge on any atom is 0.156 e. The summed E-state index contributed by atoms with van der Waals surface area (Å²) in [5.41, 5.74) is 0. The molecule has 1 N–H and O–H groups in total. The summed E-state index contributed by atoms with van der Waals surface area (Å²) in [4.78, 5) is 2.37. The summed E-state index contributed by atoms with van der Waals surface area (Å²) in [6, 6.07) is 5.81. The fourth-order valence-corrected chi connectivity index (χ4v) is 3.39. The van der Waals surface area contributed by atoms with Gasteiger partial charge in [-0.2, -0.15) is 0 Å². The fourth-order valence-electron chi connectivity index (χ4n) is 2.89. The van der Waals surface area contributed by atoms with E-state index in [0.29, 0.717) is 28.4 Å². The van der Waals surface area contributed by atoms with Crippen molar-refractivity contribution in [3.8, 4) is 5.75 Å². The zero-order chi connectivity index (χ0) is 15.2. The van der Waals surface area contributed by atoms with Crippen molar-refractivity contribution in [2.45, 2.75) is 44.8 Å². The number of benzene rings is 1. The number of likely N-dealkylation sites (tertiary alicyclic amines) is 1. The molecule has 1 aromatic rings. The van der Waals surface area contributed by atoms with Gasteiger partial charge in [0.1, 0.15) is 12.7 Å². The predicted octanol–water partition coefficient (Wildman–Crippen LogP) is 4.00. The lowest BCUT2D eigenvalue weighted by atomic mass is 10.00. The highest BCUT2D eigenvalue weighted by Gasteiger charge is 2.23. The Hall–Kier alpha value is -0.480. The van der Waals surface area contributed by atoms with Crippen LogP contribution in [0.1, 0.15) is 32.6 Å². The largest absolute Gasteiger partial charge is 0.488 e. The molecule has 2 unspecified atom stereocenters. The van der Waals surface area contributed by atoms with E-state index in [2.05, 4.69) is 11.8 Å². The highest BCUT2D eigenvalue weighted by atomic mass is 35.5. The van der Waals surface area contributed by atoms with Gasteiger partial charge >= 0.3 is 0 Å². The fraction of sp³-hybridized carbons (Fsp3) is 0.625. The van der Waals surface area contributed by atoms with Gasteiger partial charge in [0.2, 0.25) is 0 Å². The second-order valence-electron chi connectivity index (χ2n) is 5.57. The number of ether oxygens (including phenoxy) is 1. The lowest BCUT2D eigenvalue weighted by Gasteiger charge is -2.36. The molecule has 5 heteroatoms. The number of hydrogen-bond donors (Lipinski definition) is 1. The van der Waals surface area contributed by atoms with Crippen molar-refractivity contribution in [3.63, 3.8) is 0 Å². The van der Waals surface area contributed by atoms with Crippen LogP contribution in [-0.4, -0.2) is 41.8 Å². The van der Waals surface area contributed by atoms with Gasteiger partial charge in [-0.3, -0.25) is 4.90 Å². The van der Waals surface area contributed by atoms with Gasteiger partial charge in [0.15, 0.2) is 5.75 Å². The third-order valence-electron chi connectivity index (χ3n) is 4.00. The van der Waals surface area contributed by atoms with Crippen molar-refractivity contribution in [1.82, 2.24) is 4.90 Å². The van der Waals surface area contributed by atoms with Gasteiger partial charge in [0.05, 0.1) is 10.0 Å². The van der Waals surface area contributed by atoms with Crippen molar-refractivity contribution < 1.29 is 9.84 Å². The van der Waals surface area contributed by atoms with E-state index < -0.39 is 6.10 Å². The molecule has 0 bridgehead atoms. The molecule has 3 nitrogen and oxygen atoms in total. The highest BCUT2D eigenvalue weighted by molar-refractivity contribution is 6.37. The third-order valence-corrected chi connectivity index (χ3v) is 4.60. The van der Waals surface area contributed by atoms with Crippen LogP contribution in [0.15, 0.2) is 18.2 Å². The zero-order valence-corrected chi connectivity index (χ0v) is 13.9. The van der Waals surface area contributed by atoms with Crippen LogP contribution in [0.3, 0.4) is 0 Å².